The summed E-state index contributed by atoms with van der Waals surface area (Å²) in [4.78, 5) is 18.0. The van der Waals surface area contributed by atoms with E-state index in [2.05, 4.69) is 15.6 Å². The van der Waals surface area contributed by atoms with E-state index in [1.165, 1.54) is 12.1 Å². The monoisotopic (exact) mass is 440 g/mol. The minimum absolute atomic E-state index is 0.0981. The lowest BCUT2D eigenvalue weighted by Crippen LogP contribution is -2.50. The standard InChI is InChI=1S/C22H31F3N4O2/c1-3-19(30)29-10-7-18(14-29)28-20(26-2)27-15-21(8-11-31-12-9-21)16-5-4-6-17(13-16)22(23,24)25/h4-6,13,18H,3,7-12,14-15H2,1-2H3,(H2,26,27,28). The Morgan fingerprint density at radius 2 is 2.06 bits per heavy atom. The molecule has 6 nitrogen and oxygen atoms in total. The number of halogens is 3. The second-order valence-corrected chi connectivity index (χ2v) is 8.22. The summed E-state index contributed by atoms with van der Waals surface area (Å²) in [7, 11) is 1.67. The van der Waals surface area contributed by atoms with Crippen LogP contribution in [-0.2, 0) is 21.1 Å². The number of benzene rings is 1. The molecular formula is C22H31F3N4O2. The number of rotatable bonds is 5. The van der Waals surface area contributed by atoms with Crippen molar-refractivity contribution in [3.05, 3.63) is 35.4 Å². The number of alkyl halides is 3. The summed E-state index contributed by atoms with van der Waals surface area (Å²) in [5, 5.41) is 6.67. The molecule has 1 atom stereocenters. The largest absolute Gasteiger partial charge is 0.416 e. The number of guanidine groups is 1. The van der Waals surface area contributed by atoms with Crippen molar-refractivity contribution < 1.29 is 22.7 Å². The van der Waals surface area contributed by atoms with Crippen LogP contribution >= 0.6 is 0 Å². The lowest BCUT2D eigenvalue weighted by Gasteiger charge is -2.38. The highest BCUT2D eigenvalue weighted by Crippen LogP contribution is 2.37. The molecule has 2 saturated heterocycles. The van der Waals surface area contributed by atoms with E-state index in [4.69, 9.17) is 4.74 Å². The molecule has 172 valence electrons. The molecule has 0 aromatic heterocycles. The normalized spacial score (nSPS) is 21.8. The topological polar surface area (TPSA) is 66.0 Å². The van der Waals surface area contributed by atoms with Gasteiger partial charge in [0, 0.05) is 57.8 Å². The summed E-state index contributed by atoms with van der Waals surface area (Å²) < 4.78 is 45.3. The molecule has 0 bridgehead atoms. The van der Waals surface area contributed by atoms with Gasteiger partial charge in [0.2, 0.25) is 5.91 Å². The Morgan fingerprint density at radius 3 is 2.71 bits per heavy atom. The van der Waals surface area contributed by atoms with Crippen LogP contribution in [0.15, 0.2) is 29.3 Å². The van der Waals surface area contributed by atoms with Crippen LogP contribution in [0.4, 0.5) is 13.2 Å². The number of ether oxygens (including phenoxy) is 1. The molecule has 0 radical (unpaired) electrons. The van der Waals surface area contributed by atoms with Crippen molar-refractivity contribution in [2.75, 3.05) is 39.9 Å². The minimum atomic E-state index is -4.38. The van der Waals surface area contributed by atoms with Gasteiger partial charge in [-0.15, -0.1) is 0 Å². The third-order valence-corrected chi connectivity index (χ3v) is 6.25. The third kappa shape index (κ3) is 5.70. The SMILES string of the molecule is CCC(=O)N1CCC(NC(=NC)NCC2(c3cccc(C(F)(F)F)c3)CCOCC2)C1. The molecule has 1 aromatic carbocycles. The van der Waals surface area contributed by atoms with Gasteiger partial charge in [0.1, 0.15) is 0 Å². The zero-order valence-electron chi connectivity index (χ0n) is 18.1. The Balaban J connectivity index is 1.69. The van der Waals surface area contributed by atoms with Gasteiger partial charge >= 0.3 is 6.18 Å². The van der Waals surface area contributed by atoms with E-state index in [9.17, 15) is 18.0 Å². The summed E-state index contributed by atoms with van der Waals surface area (Å²) in [5.41, 5.74) is -0.448. The number of aliphatic imine (C=N–C) groups is 1. The molecule has 1 unspecified atom stereocenters. The maximum Gasteiger partial charge on any atom is 0.416 e. The first-order valence-electron chi connectivity index (χ1n) is 10.8. The highest BCUT2D eigenvalue weighted by atomic mass is 19.4. The molecule has 2 fully saturated rings. The molecule has 0 spiro atoms. The number of amides is 1. The van der Waals surface area contributed by atoms with Gasteiger partial charge in [-0.1, -0.05) is 25.1 Å². The second kappa shape index (κ2) is 9.89. The van der Waals surface area contributed by atoms with Crippen molar-refractivity contribution in [2.24, 2.45) is 4.99 Å². The van der Waals surface area contributed by atoms with E-state index in [0.29, 0.717) is 63.6 Å². The van der Waals surface area contributed by atoms with E-state index >= 15 is 0 Å². The Kier molecular flexibility index (Phi) is 7.46. The zero-order valence-corrected chi connectivity index (χ0v) is 18.1. The van der Waals surface area contributed by atoms with Gasteiger partial charge in [-0.2, -0.15) is 13.2 Å². The average molecular weight is 441 g/mol. The number of nitrogens with one attached hydrogen (secondary N) is 2. The molecule has 2 heterocycles. The Labute approximate surface area is 181 Å². The molecule has 2 N–H and O–H groups in total. The number of hydrogen-bond donors (Lipinski definition) is 2. The molecule has 0 saturated carbocycles. The first-order valence-corrected chi connectivity index (χ1v) is 10.8. The summed E-state index contributed by atoms with van der Waals surface area (Å²) >= 11 is 0. The quantitative estimate of drug-likeness (QED) is 0.546. The van der Waals surface area contributed by atoms with Gasteiger partial charge in [-0.25, -0.2) is 0 Å². The maximum atomic E-state index is 13.3. The van der Waals surface area contributed by atoms with Crippen LogP contribution in [0.25, 0.3) is 0 Å². The van der Waals surface area contributed by atoms with Gasteiger partial charge < -0.3 is 20.3 Å². The van der Waals surface area contributed by atoms with E-state index in [1.54, 1.807) is 13.1 Å². The molecule has 3 rings (SSSR count). The number of carbonyl (C=O) groups is 1. The number of likely N-dealkylation sites (tertiary alicyclic amines) is 1. The first-order chi connectivity index (χ1) is 14.8. The minimum Gasteiger partial charge on any atom is -0.381 e. The number of nitrogens with zero attached hydrogens (tertiary/aromatic N) is 2. The average Bonchev–Trinajstić information content (AvgIpc) is 3.25. The second-order valence-electron chi connectivity index (χ2n) is 8.22. The fourth-order valence-corrected chi connectivity index (χ4v) is 4.32. The van der Waals surface area contributed by atoms with Crippen LogP contribution in [0.1, 0.15) is 43.7 Å². The van der Waals surface area contributed by atoms with Crippen molar-refractivity contribution in [3.63, 3.8) is 0 Å². The molecule has 31 heavy (non-hydrogen) atoms. The summed E-state index contributed by atoms with van der Waals surface area (Å²) in [5.74, 6) is 0.728. The van der Waals surface area contributed by atoms with E-state index in [-0.39, 0.29) is 11.9 Å². The Bertz CT molecular complexity index is 791. The lowest BCUT2D eigenvalue weighted by atomic mass is 9.73. The van der Waals surface area contributed by atoms with Crippen LogP contribution < -0.4 is 10.6 Å². The van der Waals surface area contributed by atoms with Crippen molar-refractivity contribution in [3.8, 4) is 0 Å². The first kappa shape index (κ1) is 23.4. The molecule has 1 aromatic rings. The molecule has 0 aliphatic carbocycles. The fourth-order valence-electron chi connectivity index (χ4n) is 4.32. The predicted octanol–water partition coefficient (Wildman–Crippen LogP) is 2.93. The Hall–Kier alpha value is -2.29. The number of carbonyl (C=O) groups excluding carboxylic acids is 1. The van der Waals surface area contributed by atoms with E-state index in [0.717, 1.165) is 12.5 Å². The molecule has 1 amide bonds. The van der Waals surface area contributed by atoms with Crippen LogP contribution in [0, 0.1) is 0 Å². The molecular weight excluding hydrogens is 409 g/mol. The van der Waals surface area contributed by atoms with Crippen molar-refractivity contribution in [2.45, 2.75) is 50.2 Å². The fraction of sp³-hybridized carbons (Fsp3) is 0.636. The van der Waals surface area contributed by atoms with Gasteiger partial charge in [0.05, 0.1) is 5.56 Å². The smallest absolute Gasteiger partial charge is 0.381 e. The van der Waals surface area contributed by atoms with Crippen molar-refractivity contribution in [1.29, 1.82) is 0 Å². The Morgan fingerprint density at radius 1 is 1.32 bits per heavy atom. The highest BCUT2D eigenvalue weighted by Gasteiger charge is 2.38. The lowest BCUT2D eigenvalue weighted by molar-refractivity contribution is -0.137. The van der Waals surface area contributed by atoms with Gasteiger partial charge in [-0.05, 0) is 30.9 Å². The third-order valence-electron chi connectivity index (χ3n) is 6.25. The van der Waals surface area contributed by atoms with Crippen LogP contribution in [-0.4, -0.2) is 62.7 Å². The van der Waals surface area contributed by atoms with Gasteiger partial charge in [0.25, 0.3) is 0 Å². The van der Waals surface area contributed by atoms with Crippen LogP contribution in [0.3, 0.4) is 0 Å². The summed E-state index contributed by atoms with van der Waals surface area (Å²) in [6, 6.07) is 5.70. The van der Waals surface area contributed by atoms with E-state index < -0.39 is 17.2 Å². The number of hydrogen-bond acceptors (Lipinski definition) is 3. The van der Waals surface area contributed by atoms with Crippen LogP contribution in [0.2, 0.25) is 0 Å². The van der Waals surface area contributed by atoms with Gasteiger partial charge in [0.15, 0.2) is 5.96 Å². The zero-order chi connectivity index (χ0) is 22.5. The maximum absolute atomic E-state index is 13.3. The van der Waals surface area contributed by atoms with Crippen molar-refractivity contribution in [1.82, 2.24) is 15.5 Å². The highest BCUT2D eigenvalue weighted by molar-refractivity contribution is 5.80. The predicted molar refractivity (Wildman–Crippen MR) is 113 cm³/mol. The van der Waals surface area contributed by atoms with E-state index in [1.807, 2.05) is 11.8 Å². The summed E-state index contributed by atoms with van der Waals surface area (Å²) in [6.07, 6.45) is -1.81. The summed E-state index contributed by atoms with van der Waals surface area (Å²) in [6.45, 7) is 4.64. The van der Waals surface area contributed by atoms with Crippen molar-refractivity contribution >= 4 is 11.9 Å². The van der Waals surface area contributed by atoms with Gasteiger partial charge in [-0.3, -0.25) is 9.79 Å². The molecule has 9 heteroatoms. The molecule has 2 aliphatic heterocycles. The van der Waals surface area contributed by atoms with Crippen LogP contribution in [0.5, 0.6) is 0 Å². The molecule has 2 aliphatic rings.